The van der Waals surface area contributed by atoms with Crippen molar-refractivity contribution in [1.82, 2.24) is 9.46 Å². The number of benzene rings is 1. The Hall–Kier alpha value is -1.37. The van der Waals surface area contributed by atoms with Gasteiger partial charge in [-0.1, -0.05) is 22.8 Å². The summed E-state index contributed by atoms with van der Waals surface area (Å²) in [6, 6.07) is 6.38. The second-order valence-electron chi connectivity index (χ2n) is 4.60. The molecule has 5 nitrogen and oxygen atoms in total. The Labute approximate surface area is 123 Å². The van der Waals surface area contributed by atoms with Crippen molar-refractivity contribution in [3.05, 3.63) is 46.3 Å². The molecule has 0 amide bonds. The summed E-state index contributed by atoms with van der Waals surface area (Å²) in [4.78, 5) is 0.163. The second-order valence-corrected chi connectivity index (χ2v) is 7.05. The summed E-state index contributed by atoms with van der Waals surface area (Å²) < 4.78 is 31.0. The second kappa shape index (κ2) is 5.55. The molecule has 0 aliphatic heterocycles. The molecule has 1 heterocycles. The molecule has 1 aromatic carbocycles. The third-order valence-electron chi connectivity index (χ3n) is 2.91. The molecule has 2 rings (SSSR count). The van der Waals surface area contributed by atoms with E-state index in [1.54, 1.807) is 25.1 Å². The zero-order chi connectivity index (χ0) is 14.9. The van der Waals surface area contributed by atoms with E-state index in [4.69, 9.17) is 16.1 Å². The molecule has 0 aliphatic rings. The van der Waals surface area contributed by atoms with Crippen LogP contribution < -0.4 is 0 Å². The minimum absolute atomic E-state index is 0.144. The van der Waals surface area contributed by atoms with Crippen LogP contribution in [0.1, 0.15) is 17.0 Å². The van der Waals surface area contributed by atoms with Gasteiger partial charge < -0.3 is 4.52 Å². The van der Waals surface area contributed by atoms with Crippen molar-refractivity contribution in [2.75, 3.05) is 7.05 Å². The Morgan fingerprint density at radius 2 is 2.00 bits per heavy atom. The van der Waals surface area contributed by atoms with Crippen molar-refractivity contribution < 1.29 is 12.9 Å². The fourth-order valence-electron chi connectivity index (χ4n) is 1.72. The van der Waals surface area contributed by atoms with Crippen LogP contribution in [0.2, 0.25) is 5.02 Å². The summed E-state index contributed by atoms with van der Waals surface area (Å²) in [5.41, 5.74) is 1.40. The van der Waals surface area contributed by atoms with Crippen LogP contribution in [0.15, 0.2) is 33.7 Å². The van der Waals surface area contributed by atoms with E-state index in [1.807, 2.05) is 6.92 Å². The summed E-state index contributed by atoms with van der Waals surface area (Å²) in [5, 5.41) is 4.21. The first-order valence-corrected chi connectivity index (χ1v) is 7.77. The molecule has 0 saturated carbocycles. The summed E-state index contributed by atoms with van der Waals surface area (Å²) in [7, 11) is -2.11. The van der Waals surface area contributed by atoms with Gasteiger partial charge in [0, 0.05) is 18.1 Å². The maximum absolute atomic E-state index is 12.4. The SMILES string of the molecule is Cc1cc(CN(C)S(=O)(=O)c2ccc(C)c(Cl)c2)no1. The van der Waals surface area contributed by atoms with Crippen molar-refractivity contribution in [3.63, 3.8) is 0 Å². The molecule has 108 valence electrons. The average molecular weight is 315 g/mol. The molecule has 7 heteroatoms. The van der Waals surface area contributed by atoms with Crippen LogP contribution >= 0.6 is 11.6 Å². The van der Waals surface area contributed by atoms with Crippen LogP contribution in [0.25, 0.3) is 0 Å². The van der Waals surface area contributed by atoms with Gasteiger partial charge in [-0.2, -0.15) is 4.31 Å². The van der Waals surface area contributed by atoms with Gasteiger partial charge in [0.05, 0.1) is 17.1 Å². The van der Waals surface area contributed by atoms with E-state index in [-0.39, 0.29) is 11.4 Å². The standard InChI is InChI=1S/C13H15ClN2O3S/c1-9-4-5-12(7-13(9)14)20(17,18)16(3)8-11-6-10(2)19-15-11/h4-7H,8H2,1-3H3. The number of aromatic nitrogens is 1. The number of halogens is 1. The minimum atomic E-state index is -3.60. The van der Waals surface area contributed by atoms with Crippen LogP contribution in [0.5, 0.6) is 0 Å². The van der Waals surface area contributed by atoms with E-state index in [2.05, 4.69) is 5.16 Å². The molecule has 0 spiro atoms. The van der Waals surface area contributed by atoms with Crippen LogP contribution in [-0.2, 0) is 16.6 Å². The predicted octanol–water partition coefficient (Wildman–Crippen LogP) is 2.77. The first-order valence-electron chi connectivity index (χ1n) is 5.95. The number of rotatable bonds is 4. The normalized spacial score (nSPS) is 12.1. The molecule has 0 unspecified atom stereocenters. The summed E-state index contributed by atoms with van der Waals surface area (Å²) in [5.74, 6) is 0.643. The maximum Gasteiger partial charge on any atom is 0.243 e. The van der Waals surface area contributed by atoms with Gasteiger partial charge >= 0.3 is 0 Å². The van der Waals surface area contributed by atoms with Crippen molar-refractivity contribution in [3.8, 4) is 0 Å². The van der Waals surface area contributed by atoms with Gasteiger partial charge in [0.1, 0.15) is 5.76 Å². The molecule has 0 bridgehead atoms. The van der Waals surface area contributed by atoms with E-state index >= 15 is 0 Å². The van der Waals surface area contributed by atoms with E-state index < -0.39 is 10.0 Å². The van der Waals surface area contributed by atoms with Crippen molar-refractivity contribution >= 4 is 21.6 Å². The van der Waals surface area contributed by atoms with Crippen LogP contribution in [0, 0.1) is 13.8 Å². The fourth-order valence-corrected chi connectivity index (χ4v) is 3.13. The first-order chi connectivity index (χ1) is 9.30. The Morgan fingerprint density at radius 1 is 1.30 bits per heavy atom. The quantitative estimate of drug-likeness (QED) is 0.870. The highest BCUT2D eigenvalue weighted by Gasteiger charge is 2.22. The molecule has 0 N–H and O–H groups in total. The largest absolute Gasteiger partial charge is 0.361 e. The molecular weight excluding hydrogens is 300 g/mol. The van der Waals surface area contributed by atoms with Crippen molar-refractivity contribution in [2.24, 2.45) is 0 Å². The zero-order valence-corrected chi connectivity index (χ0v) is 13.0. The number of hydrogen-bond acceptors (Lipinski definition) is 4. The topological polar surface area (TPSA) is 63.4 Å². The first kappa shape index (κ1) is 15.0. The van der Waals surface area contributed by atoms with E-state index in [0.29, 0.717) is 16.5 Å². The number of hydrogen-bond donors (Lipinski definition) is 0. The van der Waals surface area contributed by atoms with Gasteiger partial charge in [0.15, 0.2) is 0 Å². The lowest BCUT2D eigenvalue weighted by Crippen LogP contribution is -2.26. The van der Waals surface area contributed by atoms with Crippen LogP contribution in [-0.4, -0.2) is 24.9 Å². The summed E-state index contributed by atoms with van der Waals surface area (Å²) in [6.07, 6.45) is 0. The smallest absolute Gasteiger partial charge is 0.243 e. The number of sulfonamides is 1. The van der Waals surface area contributed by atoms with Crippen LogP contribution in [0.4, 0.5) is 0 Å². The van der Waals surface area contributed by atoms with Crippen molar-refractivity contribution in [2.45, 2.75) is 25.3 Å². The Balaban J connectivity index is 2.27. The predicted molar refractivity (Wildman–Crippen MR) is 76.1 cm³/mol. The molecule has 0 saturated heterocycles. The Kier molecular flexibility index (Phi) is 4.17. The third-order valence-corrected chi connectivity index (χ3v) is 5.12. The third kappa shape index (κ3) is 3.03. The molecule has 0 fully saturated rings. The molecule has 1 aromatic heterocycles. The Morgan fingerprint density at radius 3 is 2.55 bits per heavy atom. The minimum Gasteiger partial charge on any atom is -0.361 e. The lowest BCUT2D eigenvalue weighted by molar-refractivity contribution is 0.378. The molecule has 20 heavy (non-hydrogen) atoms. The van der Waals surface area contributed by atoms with E-state index in [0.717, 1.165) is 5.56 Å². The molecular formula is C13H15ClN2O3S. The lowest BCUT2D eigenvalue weighted by Gasteiger charge is -2.16. The van der Waals surface area contributed by atoms with Gasteiger partial charge in [-0.15, -0.1) is 0 Å². The molecule has 0 aliphatic carbocycles. The lowest BCUT2D eigenvalue weighted by atomic mass is 10.2. The van der Waals surface area contributed by atoms with Gasteiger partial charge in [0.25, 0.3) is 0 Å². The highest BCUT2D eigenvalue weighted by Crippen LogP contribution is 2.23. The highest BCUT2D eigenvalue weighted by molar-refractivity contribution is 7.89. The van der Waals surface area contributed by atoms with E-state index in [1.165, 1.54) is 17.4 Å². The van der Waals surface area contributed by atoms with E-state index in [9.17, 15) is 8.42 Å². The van der Waals surface area contributed by atoms with Crippen LogP contribution in [0.3, 0.4) is 0 Å². The fraction of sp³-hybridized carbons (Fsp3) is 0.308. The Bertz CT molecular complexity index is 725. The molecule has 0 atom stereocenters. The van der Waals surface area contributed by atoms with Gasteiger partial charge in [-0.05, 0) is 31.5 Å². The highest BCUT2D eigenvalue weighted by atomic mass is 35.5. The number of aryl methyl sites for hydroxylation is 2. The van der Waals surface area contributed by atoms with Gasteiger partial charge in [-0.3, -0.25) is 0 Å². The molecule has 2 aromatic rings. The number of nitrogens with zero attached hydrogens (tertiary/aromatic N) is 2. The maximum atomic E-state index is 12.4. The zero-order valence-electron chi connectivity index (χ0n) is 11.4. The average Bonchev–Trinajstić information content (AvgIpc) is 2.78. The van der Waals surface area contributed by atoms with Gasteiger partial charge in [-0.25, -0.2) is 8.42 Å². The summed E-state index contributed by atoms with van der Waals surface area (Å²) >= 11 is 5.98. The van der Waals surface area contributed by atoms with Gasteiger partial charge in [0.2, 0.25) is 10.0 Å². The summed E-state index contributed by atoms with van der Waals surface area (Å²) in [6.45, 7) is 3.72. The monoisotopic (exact) mass is 314 g/mol. The molecule has 0 radical (unpaired) electrons. The van der Waals surface area contributed by atoms with Crippen molar-refractivity contribution in [1.29, 1.82) is 0 Å².